The molecule has 1 aliphatic carbocycles. The van der Waals surface area contributed by atoms with E-state index in [0.29, 0.717) is 5.41 Å². The van der Waals surface area contributed by atoms with Crippen molar-refractivity contribution in [3.05, 3.63) is 23.3 Å². The number of rotatable bonds is 2. The van der Waals surface area contributed by atoms with E-state index in [1.54, 1.807) is 0 Å². The number of aliphatic hydroxyl groups is 1. The van der Waals surface area contributed by atoms with Gasteiger partial charge in [-0.2, -0.15) is 0 Å². The van der Waals surface area contributed by atoms with Gasteiger partial charge in [0, 0.05) is 0 Å². The van der Waals surface area contributed by atoms with Crippen LogP contribution in [0.1, 0.15) is 40.0 Å². The first-order valence-electron chi connectivity index (χ1n) is 5.05. The van der Waals surface area contributed by atoms with Crippen LogP contribution in [0.5, 0.6) is 0 Å². The highest BCUT2D eigenvalue weighted by molar-refractivity contribution is 5.32. The highest BCUT2D eigenvalue weighted by Crippen LogP contribution is 2.40. The van der Waals surface area contributed by atoms with Gasteiger partial charge in [0.1, 0.15) is 0 Å². The van der Waals surface area contributed by atoms with E-state index in [9.17, 15) is 0 Å². The van der Waals surface area contributed by atoms with E-state index in [2.05, 4.69) is 26.8 Å². The summed E-state index contributed by atoms with van der Waals surface area (Å²) in [6.45, 7) is 6.92. The van der Waals surface area contributed by atoms with Gasteiger partial charge in [-0.1, -0.05) is 31.6 Å². The van der Waals surface area contributed by atoms with E-state index in [4.69, 9.17) is 5.11 Å². The van der Waals surface area contributed by atoms with Crippen LogP contribution in [-0.2, 0) is 0 Å². The van der Waals surface area contributed by atoms with Crippen LogP contribution in [-0.4, -0.2) is 11.7 Å². The molecule has 0 spiro atoms. The van der Waals surface area contributed by atoms with Crippen molar-refractivity contribution in [1.82, 2.24) is 0 Å². The summed E-state index contributed by atoms with van der Waals surface area (Å²) in [5.41, 5.74) is 3.21. The van der Waals surface area contributed by atoms with Gasteiger partial charge in [0.15, 0.2) is 0 Å². The third-order valence-corrected chi connectivity index (χ3v) is 2.93. The van der Waals surface area contributed by atoms with Crippen molar-refractivity contribution >= 4 is 0 Å². The normalized spacial score (nSPS) is 22.8. The Hall–Kier alpha value is -0.560. The van der Waals surface area contributed by atoms with Crippen LogP contribution < -0.4 is 0 Å². The zero-order valence-corrected chi connectivity index (χ0v) is 8.93. The van der Waals surface area contributed by atoms with Crippen molar-refractivity contribution in [2.45, 2.75) is 40.0 Å². The Balaban J connectivity index is 2.91. The SMILES string of the molecule is CC1=C(/C=C/CO)C(C)(C)CCC1. The van der Waals surface area contributed by atoms with E-state index < -0.39 is 0 Å². The van der Waals surface area contributed by atoms with Gasteiger partial charge in [0.25, 0.3) is 0 Å². The largest absolute Gasteiger partial charge is 0.392 e. The predicted molar refractivity (Wildman–Crippen MR) is 56.6 cm³/mol. The summed E-state index contributed by atoms with van der Waals surface area (Å²) in [7, 11) is 0. The fourth-order valence-electron chi connectivity index (χ4n) is 2.18. The summed E-state index contributed by atoms with van der Waals surface area (Å²) in [5.74, 6) is 0. The van der Waals surface area contributed by atoms with Crippen LogP contribution in [0.15, 0.2) is 23.3 Å². The first-order chi connectivity index (χ1) is 6.08. The Labute approximate surface area is 81.2 Å². The number of aliphatic hydroxyl groups excluding tert-OH is 1. The Morgan fingerprint density at radius 2 is 2.15 bits per heavy atom. The summed E-state index contributed by atoms with van der Waals surface area (Å²) in [4.78, 5) is 0. The molecule has 1 N–H and O–H groups in total. The molecule has 0 aliphatic heterocycles. The van der Waals surface area contributed by atoms with Gasteiger partial charge in [0.2, 0.25) is 0 Å². The molecule has 1 aliphatic rings. The molecular formula is C12H20O. The molecule has 1 rings (SSSR count). The minimum Gasteiger partial charge on any atom is -0.392 e. The van der Waals surface area contributed by atoms with E-state index in [1.165, 1.54) is 30.4 Å². The number of allylic oxidation sites excluding steroid dienone is 3. The molecule has 0 bridgehead atoms. The molecular weight excluding hydrogens is 160 g/mol. The van der Waals surface area contributed by atoms with Crippen LogP contribution >= 0.6 is 0 Å². The Bertz CT molecular complexity index is 234. The molecule has 0 saturated carbocycles. The maximum atomic E-state index is 8.74. The van der Waals surface area contributed by atoms with Gasteiger partial charge in [-0.15, -0.1) is 0 Å². The lowest BCUT2D eigenvalue weighted by Gasteiger charge is -2.32. The minimum atomic E-state index is 0.146. The number of hydrogen-bond donors (Lipinski definition) is 1. The lowest BCUT2D eigenvalue weighted by Crippen LogP contribution is -2.19. The van der Waals surface area contributed by atoms with Crippen LogP contribution in [0.2, 0.25) is 0 Å². The van der Waals surface area contributed by atoms with E-state index in [0.717, 1.165) is 0 Å². The Morgan fingerprint density at radius 3 is 2.69 bits per heavy atom. The predicted octanol–water partition coefficient (Wildman–Crippen LogP) is 3.06. The van der Waals surface area contributed by atoms with Gasteiger partial charge in [-0.05, 0) is 37.2 Å². The number of hydrogen-bond acceptors (Lipinski definition) is 1. The Kier molecular flexibility index (Phi) is 3.32. The van der Waals surface area contributed by atoms with Crippen molar-refractivity contribution in [1.29, 1.82) is 0 Å². The molecule has 74 valence electrons. The van der Waals surface area contributed by atoms with E-state index in [-0.39, 0.29) is 6.61 Å². The van der Waals surface area contributed by atoms with Gasteiger partial charge in [-0.3, -0.25) is 0 Å². The maximum absolute atomic E-state index is 8.74. The first kappa shape index (κ1) is 10.5. The standard InChI is InChI=1S/C12H20O/c1-10-6-4-8-12(2,3)11(10)7-5-9-13/h5,7,13H,4,6,8-9H2,1-3H3/b7-5+. The molecule has 0 aromatic carbocycles. The smallest absolute Gasteiger partial charge is 0.0615 e. The summed E-state index contributed by atoms with van der Waals surface area (Å²) in [6.07, 6.45) is 7.71. The Morgan fingerprint density at radius 1 is 1.46 bits per heavy atom. The van der Waals surface area contributed by atoms with Crippen molar-refractivity contribution in [2.75, 3.05) is 6.61 Å². The van der Waals surface area contributed by atoms with Gasteiger partial charge >= 0.3 is 0 Å². The lowest BCUT2D eigenvalue weighted by molar-refractivity contribution is 0.341. The second kappa shape index (κ2) is 4.10. The molecule has 0 atom stereocenters. The van der Waals surface area contributed by atoms with Crippen molar-refractivity contribution < 1.29 is 5.11 Å². The van der Waals surface area contributed by atoms with Gasteiger partial charge < -0.3 is 5.11 Å². The molecule has 1 nitrogen and oxygen atoms in total. The van der Waals surface area contributed by atoms with Gasteiger partial charge in [0.05, 0.1) is 6.61 Å². The molecule has 0 aromatic heterocycles. The highest BCUT2D eigenvalue weighted by Gasteiger charge is 2.26. The van der Waals surface area contributed by atoms with Crippen molar-refractivity contribution in [2.24, 2.45) is 5.41 Å². The van der Waals surface area contributed by atoms with Crippen LogP contribution in [0.3, 0.4) is 0 Å². The first-order valence-corrected chi connectivity index (χ1v) is 5.05. The third-order valence-electron chi connectivity index (χ3n) is 2.93. The molecule has 0 amide bonds. The molecule has 0 unspecified atom stereocenters. The minimum absolute atomic E-state index is 0.146. The average Bonchev–Trinajstić information content (AvgIpc) is 2.02. The maximum Gasteiger partial charge on any atom is 0.0615 e. The molecule has 0 saturated heterocycles. The zero-order chi connectivity index (χ0) is 9.90. The quantitative estimate of drug-likeness (QED) is 0.692. The van der Waals surface area contributed by atoms with Crippen LogP contribution in [0.4, 0.5) is 0 Å². The lowest BCUT2D eigenvalue weighted by atomic mass is 9.73. The average molecular weight is 180 g/mol. The fourth-order valence-corrected chi connectivity index (χ4v) is 2.18. The van der Waals surface area contributed by atoms with Gasteiger partial charge in [-0.25, -0.2) is 0 Å². The molecule has 0 heterocycles. The molecule has 0 aromatic rings. The second-order valence-electron chi connectivity index (χ2n) is 4.52. The molecule has 0 fully saturated rings. The van der Waals surface area contributed by atoms with E-state index >= 15 is 0 Å². The summed E-state index contributed by atoms with van der Waals surface area (Å²) in [5, 5.41) is 8.74. The highest BCUT2D eigenvalue weighted by atomic mass is 16.2. The summed E-state index contributed by atoms with van der Waals surface area (Å²) >= 11 is 0. The molecule has 13 heavy (non-hydrogen) atoms. The van der Waals surface area contributed by atoms with Crippen molar-refractivity contribution in [3.63, 3.8) is 0 Å². The van der Waals surface area contributed by atoms with Crippen LogP contribution in [0.25, 0.3) is 0 Å². The monoisotopic (exact) mass is 180 g/mol. The van der Waals surface area contributed by atoms with Crippen LogP contribution in [0, 0.1) is 5.41 Å². The zero-order valence-electron chi connectivity index (χ0n) is 8.93. The molecule has 0 radical (unpaired) electrons. The fraction of sp³-hybridized carbons (Fsp3) is 0.667. The topological polar surface area (TPSA) is 20.2 Å². The summed E-state index contributed by atoms with van der Waals surface area (Å²) < 4.78 is 0. The second-order valence-corrected chi connectivity index (χ2v) is 4.52. The summed E-state index contributed by atoms with van der Waals surface area (Å²) in [6, 6.07) is 0. The van der Waals surface area contributed by atoms with E-state index in [1.807, 2.05) is 6.08 Å². The third kappa shape index (κ3) is 2.44. The molecule has 1 heteroatoms. The van der Waals surface area contributed by atoms with Crippen molar-refractivity contribution in [3.8, 4) is 0 Å².